The van der Waals surface area contributed by atoms with E-state index in [0.29, 0.717) is 6.42 Å². The van der Waals surface area contributed by atoms with Crippen molar-refractivity contribution in [3.63, 3.8) is 0 Å². The number of carbonyl (C=O) groups is 1. The van der Waals surface area contributed by atoms with Crippen molar-refractivity contribution in [3.8, 4) is 5.75 Å². The summed E-state index contributed by atoms with van der Waals surface area (Å²) in [6, 6.07) is 3.72. The van der Waals surface area contributed by atoms with Gasteiger partial charge in [-0.25, -0.2) is 0 Å². The molecule has 0 aliphatic rings. The fourth-order valence-corrected chi connectivity index (χ4v) is 1.88. The standard InChI is InChI=1S/C13H17ClO2/c1-5-11(14)13(15)12-8(2)6-10(16-4)7-9(12)3/h6-7,11H,5H2,1-4H3. The number of ether oxygens (including phenoxy) is 1. The summed E-state index contributed by atoms with van der Waals surface area (Å²) in [5, 5.41) is -0.439. The number of methoxy groups -OCH3 is 1. The van der Waals surface area contributed by atoms with Gasteiger partial charge in [-0.2, -0.15) is 0 Å². The monoisotopic (exact) mass is 240 g/mol. The number of hydrogen-bond donors (Lipinski definition) is 0. The molecule has 0 amide bonds. The number of carbonyl (C=O) groups excluding carboxylic acids is 1. The topological polar surface area (TPSA) is 26.3 Å². The van der Waals surface area contributed by atoms with E-state index < -0.39 is 5.38 Å². The number of aryl methyl sites for hydroxylation is 2. The largest absolute Gasteiger partial charge is 0.497 e. The number of hydrogen-bond acceptors (Lipinski definition) is 2. The summed E-state index contributed by atoms with van der Waals surface area (Å²) >= 11 is 5.99. The van der Waals surface area contributed by atoms with Gasteiger partial charge in [-0.15, -0.1) is 11.6 Å². The van der Waals surface area contributed by atoms with E-state index in [1.807, 2.05) is 32.9 Å². The highest BCUT2D eigenvalue weighted by Crippen LogP contribution is 2.24. The van der Waals surface area contributed by atoms with Crippen LogP contribution in [0.5, 0.6) is 5.75 Å². The van der Waals surface area contributed by atoms with Crippen molar-refractivity contribution in [1.82, 2.24) is 0 Å². The lowest BCUT2D eigenvalue weighted by Gasteiger charge is -2.13. The molecule has 0 aliphatic carbocycles. The summed E-state index contributed by atoms with van der Waals surface area (Å²) in [6.07, 6.45) is 0.644. The maximum Gasteiger partial charge on any atom is 0.181 e. The van der Waals surface area contributed by atoms with Crippen LogP contribution in [-0.2, 0) is 0 Å². The average Bonchev–Trinajstić information content (AvgIpc) is 2.26. The van der Waals surface area contributed by atoms with Crippen molar-refractivity contribution < 1.29 is 9.53 Å². The molecule has 1 aromatic carbocycles. The molecule has 0 fully saturated rings. The lowest BCUT2D eigenvalue weighted by atomic mass is 9.96. The van der Waals surface area contributed by atoms with Crippen molar-refractivity contribution >= 4 is 17.4 Å². The molecule has 0 aliphatic heterocycles. The maximum atomic E-state index is 12.0. The van der Waals surface area contributed by atoms with E-state index in [1.165, 1.54) is 0 Å². The highest BCUT2D eigenvalue weighted by molar-refractivity contribution is 6.34. The summed E-state index contributed by atoms with van der Waals surface area (Å²) in [5.41, 5.74) is 2.56. The number of benzene rings is 1. The van der Waals surface area contributed by atoms with Gasteiger partial charge in [0.05, 0.1) is 12.5 Å². The molecule has 0 heterocycles. The first kappa shape index (κ1) is 13.0. The van der Waals surface area contributed by atoms with Crippen LogP contribution in [0.4, 0.5) is 0 Å². The van der Waals surface area contributed by atoms with Crippen LogP contribution in [0.15, 0.2) is 12.1 Å². The minimum absolute atomic E-state index is 0.00168. The van der Waals surface area contributed by atoms with Crippen molar-refractivity contribution in [2.24, 2.45) is 0 Å². The van der Waals surface area contributed by atoms with Crippen LogP contribution < -0.4 is 4.74 Å². The van der Waals surface area contributed by atoms with Crippen LogP contribution in [0.25, 0.3) is 0 Å². The van der Waals surface area contributed by atoms with Gasteiger partial charge < -0.3 is 4.74 Å². The Labute approximate surface area is 102 Å². The average molecular weight is 241 g/mol. The fourth-order valence-electron chi connectivity index (χ4n) is 1.77. The summed E-state index contributed by atoms with van der Waals surface area (Å²) in [7, 11) is 1.62. The Kier molecular flexibility index (Phi) is 4.36. The normalized spacial score (nSPS) is 12.3. The van der Waals surface area contributed by atoms with Crippen LogP contribution in [0.3, 0.4) is 0 Å². The van der Waals surface area contributed by atoms with E-state index >= 15 is 0 Å². The Morgan fingerprint density at radius 1 is 1.38 bits per heavy atom. The lowest BCUT2D eigenvalue weighted by Crippen LogP contribution is -2.16. The highest BCUT2D eigenvalue weighted by atomic mass is 35.5. The Hall–Kier alpha value is -1.02. The molecule has 3 heteroatoms. The third kappa shape index (κ3) is 2.56. The number of alkyl halides is 1. The Bertz CT molecular complexity index is 376. The Morgan fingerprint density at radius 2 is 1.88 bits per heavy atom. The smallest absolute Gasteiger partial charge is 0.181 e. The van der Waals surface area contributed by atoms with E-state index in [-0.39, 0.29) is 5.78 Å². The molecule has 0 N–H and O–H groups in total. The van der Waals surface area contributed by atoms with E-state index in [2.05, 4.69) is 0 Å². The third-order valence-corrected chi connectivity index (χ3v) is 3.14. The molecule has 16 heavy (non-hydrogen) atoms. The molecule has 1 aromatic rings. The zero-order chi connectivity index (χ0) is 12.3. The van der Waals surface area contributed by atoms with Gasteiger partial charge in [0.15, 0.2) is 5.78 Å². The number of halogens is 1. The van der Waals surface area contributed by atoms with Gasteiger partial charge in [-0.3, -0.25) is 4.79 Å². The molecule has 0 saturated heterocycles. The zero-order valence-electron chi connectivity index (χ0n) is 10.1. The molecule has 0 saturated carbocycles. The van der Waals surface area contributed by atoms with Gasteiger partial charge in [0.1, 0.15) is 5.75 Å². The first-order valence-corrected chi connectivity index (χ1v) is 5.78. The molecule has 0 bridgehead atoms. The zero-order valence-corrected chi connectivity index (χ0v) is 10.9. The molecule has 1 unspecified atom stereocenters. The Balaban J connectivity index is 3.19. The quantitative estimate of drug-likeness (QED) is 0.595. The summed E-state index contributed by atoms with van der Waals surface area (Å²) in [6.45, 7) is 5.72. The van der Waals surface area contributed by atoms with Gasteiger partial charge in [-0.1, -0.05) is 6.92 Å². The van der Waals surface area contributed by atoms with Crippen LogP contribution in [0.2, 0.25) is 0 Å². The van der Waals surface area contributed by atoms with Gasteiger partial charge in [0, 0.05) is 5.56 Å². The minimum atomic E-state index is -0.439. The van der Waals surface area contributed by atoms with E-state index in [4.69, 9.17) is 16.3 Å². The number of ketones is 1. The molecule has 1 rings (SSSR count). The van der Waals surface area contributed by atoms with Crippen LogP contribution >= 0.6 is 11.6 Å². The molecule has 0 radical (unpaired) electrons. The van der Waals surface area contributed by atoms with Crippen LogP contribution in [-0.4, -0.2) is 18.3 Å². The van der Waals surface area contributed by atoms with Crippen molar-refractivity contribution in [2.75, 3.05) is 7.11 Å². The highest BCUT2D eigenvalue weighted by Gasteiger charge is 2.19. The SMILES string of the molecule is CCC(Cl)C(=O)c1c(C)cc(OC)cc1C. The van der Waals surface area contributed by atoms with Crippen molar-refractivity contribution in [3.05, 3.63) is 28.8 Å². The third-order valence-electron chi connectivity index (χ3n) is 2.63. The summed E-state index contributed by atoms with van der Waals surface area (Å²) in [5.74, 6) is 0.774. The van der Waals surface area contributed by atoms with E-state index in [9.17, 15) is 4.79 Å². The molecular formula is C13H17ClO2. The lowest BCUT2D eigenvalue weighted by molar-refractivity contribution is 0.0984. The molecule has 1 atom stereocenters. The summed E-state index contributed by atoms with van der Waals surface area (Å²) < 4.78 is 5.15. The minimum Gasteiger partial charge on any atom is -0.497 e. The van der Waals surface area contributed by atoms with E-state index in [1.54, 1.807) is 7.11 Å². The second-order valence-electron chi connectivity index (χ2n) is 3.88. The fraction of sp³-hybridized carbons (Fsp3) is 0.462. The second kappa shape index (κ2) is 5.35. The van der Waals surface area contributed by atoms with Gasteiger partial charge >= 0.3 is 0 Å². The van der Waals surface area contributed by atoms with Crippen LogP contribution in [0, 0.1) is 13.8 Å². The predicted octanol–water partition coefficient (Wildman–Crippen LogP) is 3.51. The first-order chi connectivity index (χ1) is 7.51. The second-order valence-corrected chi connectivity index (χ2v) is 4.40. The first-order valence-electron chi connectivity index (χ1n) is 5.34. The van der Waals surface area contributed by atoms with Crippen molar-refractivity contribution in [2.45, 2.75) is 32.6 Å². The van der Waals surface area contributed by atoms with Crippen molar-refractivity contribution in [1.29, 1.82) is 0 Å². The molecular weight excluding hydrogens is 224 g/mol. The summed E-state index contributed by atoms with van der Waals surface area (Å²) in [4.78, 5) is 12.0. The maximum absolute atomic E-state index is 12.0. The number of rotatable bonds is 4. The van der Waals surface area contributed by atoms with Gasteiger partial charge in [0.25, 0.3) is 0 Å². The molecule has 88 valence electrons. The molecule has 2 nitrogen and oxygen atoms in total. The van der Waals surface area contributed by atoms with Gasteiger partial charge in [0.2, 0.25) is 0 Å². The van der Waals surface area contributed by atoms with Gasteiger partial charge in [-0.05, 0) is 43.5 Å². The molecule has 0 spiro atoms. The number of Topliss-reactive ketones (excluding diaryl/α,β-unsaturated/α-hetero) is 1. The van der Waals surface area contributed by atoms with E-state index in [0.717, 1.165) is 22.4 Å². The predicted molar refractivity (Wildman–Crippen MR) is 66.7 cm³/mol. The molecule has 0 aromatic heterocycles. The Morgan fingerprint density at radius 3 is 2.25 bits per heavy atom. The van der Waals surface area contributed by atoms with Crippen LogP contribution in [0.1, 0.15) is 34.8 Å².